The minimum absolute atomic E-state index is 0.103. The Balaban J connectivity index is 2.24. The average molecular weight is 321 g/mol. The smallest absolute Gasteiger partial charge is 0.313 e. The van der Waals surface area contributed by atoms with E-state index < -0.39 is 11.4 Å². The van der Waals surface area contributed by atoms with Crippen molar-refractivity contribution in [3.8, 4) is 0 Å². The van der Waals surface area contributed by atoms with Gasteiger partial charge in [0.15, 0.2) is 0 Å². The van der Waals surface area contributed by atoms with Gasteiger partial charge in [0.25, 0.3) is 5.91 Å². The molecule has 0 spiro atoms. The summed E-state index contributed by atoms with van der Waals surface area (Å²) in [5, 5.41) is 9.59. The van der Waals surface area contributed by atoms with Crippen molar-refractivity contribution in [2.75, 3.05) is 33.9 Å². The number of piperidine rings is 1. The van der Waals surface area contributed by atoms with Gasteiger partial charge >= 0.3 is 5.97 Å². The SMILES string of the molecule is COCc1ccccc1C(=O)N1CCCC(COC)(C(=O)O)C1. The summed E-state index contributed by atoms with van der Waals surface area (Å²) in [5.41, 5.74) is 0.338. The van der Waals surface area contributed by atoms with Crippen LogP contribution in [-0.2, 0) is 20.9 Å². The van der Waals surface area contributed by atoms with Crippen molar-refractivity contribution in [3.63, 3.8) is 0 Å². The second-order valence-corrected chi connectivity index (χ2v) is 5.94. The van der Waals surface area contributed by atoms with Gasteiger partial charge in [-0.3, -0.25) is 9.59 Å². The molecule has 1 atom stereocenters. The zero-order valence-corrected chi connectivity index (χ0v) is 13.6. The summed E-state index contributed by atoms with van der Waals surface area (Å²) in [6.45, 7) is 1.17. The molecule has 2 rings (SSSR count). The molecular weight excluding hydrogens is 298 g/mol. The molecule has 1 N–H and O–H groups in total. The number of amides is 1. The van der Waals surface area contributed by atoms with E-state index in [0.29, 0.717) is 31.6 Å². The van der Waals surface area contributed by atoms with Crippen molar-refractivity contribution >= 4 is 11.9 Å². The molecule has 1 aromatic carbocycles. The van der Waals surface area contributed by atoms with E-state index in [1.807, 2.05) is 12.1 Å². The Kier molecular flexibility index (Phi) is 5.74. The third-order valence-corrected chi connectivity index (χ3v) is 4.29. The van der Waals surface area contributed by atoms with Crippen LogP contribution in [0, 0.1) is 5.41 Å². The van der Waals surface area contributed by atoms with E-state index in [0.717, 1.165) is 5.56 Å². The van der Waals surface area contributed by atoms with Crippen LogP contribution in [0.1, 0.15) is 28.8 Å². The molecule has 1 amide bonds. The molecule has 0 radical (unpaired) electrons. The molecule has 126 valence electrons. The number of aliphatic carboxylic acids is 1. The normalized spacial score (nSPS) is 21.2. The summed E-state index contributed by atoms with van der Waals surface area (Å²) < 4.78 is 10.2. The molecule has 1 aliphatic rings. The Bertz CT molecular complexity index is 570. The van der Waals surface area contributed by atoms with Crippen LogP contribution in [0.3, 0.4) is 0 Å². The Labute approximate surface area is 136 Å². The summed E-state index contributed by atoms with van der Waals surface area (Å²) in [4.78, 5) is 26.2. The third-order valence-electron chi connectivity index (χ3n) is 4.29. The summed E-state index contributed by atoms with van der Waals surface area (Å²) in [6, 6.07) is 7.26. The third kappa shape index (κ3) is 3.71. The molecule has 6 nitrogen and oxygen atoms in total. The average Bonchev–Trinajstić information content (AvgIpc) is 2.55. The van der Waals surface area contributed by atoms with Gasteiger partial charge in [-0.15, -0.1) is 0 Å². The largest absolute Gasteiger partial charge is 0.481 e. The van der Waals surface area contributed by atoms with E-state index in [-0.39, 0.29) is 19.1 Å². The molecule has 0 aromatic heterocycles. The second-order valence-electron chi connectivity index (χ2n) is 5.94. The summed E-state index contributed by atoms with van der Waals surface area (Å²) in [7, 11) is 3.07. The molecule has 1 heterocycles. The van der Waals surface area contributed by atoms with Gasteiger partial charge in [-0.2, -0.15) is 0 Å². The monoisotopic (exact) mass is 321 g/mol. The summed E-state index contributed by atoms with van der Waals surface area (Å²) >= 11 is 0. The summed E-state index contributed by atoms with van der Waals surface area (Å²) in [5.74, 6) is -1.07. The lowest BCUT2D eigenvalue weighted by atomic mass is 9.80. The Morgan fingerprint density at radius 2 is 2.00 bits per heavy atom. The second kappa shape index (κ2) is 7.57. The lowest BCUT2D eigenvalue weighted by Gasteiger charge is -2.39. The molecule has 0 bridgehead atoms. The zero-order valence-electron chi connectivity index (χ0n) is 13.6. The van der Waals surface area contributed by atoms with Crippen LogP contribution in [0.2, 0.25) is 0 Å². The van der Waals surface area contributed by atoms with Crippen molar-refractivity contribution in [2.24, 2.45) is 5.41 Å². The Morgan fingerprint density at radius 1 is 1.26 bits per heavy atom. The molecule has 0 saturated carbocycles. The number of ether oxygens (including phenoxy) is 2. The fraction of sp³-hybridized carbons (Fsp3) is 0.529. The highest BCUT2D eigenvalue weighted by Crippen LogP contribution is 2.32. The standard InChI is InChI=1S/C17H23NO5/c1-22-10-13-6-3-4-7-14(13)15(19)18-9-5-8-17(11-18,12-23-2)16(20)21/h3-4,6-7H,5,8-12H2,1-2H3,(H,20,21). The molecule has 1 aromatic rings. The topological polar surface area (TPSA) is 76.1 Å². The predicted molar refractivity (Wildman–Crippen MR) is 84.2 cm³/mol. The predicted octanol–water partition coefficient (Wildman–Crippen LogP) is 1.79. The maximum Gasteiger partial charge on any atom is 0.313 e. The molecule has 1 fully saturated rings. The maximum atomic E-state index is 12.8. The number of hydrogen-bond donors (Lipinski definition) is 1. The van der Waals surface area contributed by atoms with Gasteiger partial charge in [0, 0.05) is 32.9 Å². The molecular formula is C17H23NO5. The number of carbonyl (C=O) groups excluding carboxylic acids is 1. The lowest BCUT2D eigenvalue weighted by molar-refractivity contribution is -0.155. The molecule has 0 aliphatic carbocycles. The van der Waals surface area contributed by atoms with Crippen LogP contribution >= 0.6 is 0 Å². The van der Waals surface area contributed by atoms with Gasteiger partial charge in [-0.25, -0.2) is 0 Å². The van der Waals surface area contributed by atoms with Crippen LogP contribution in [0.5, 0.6) is 0 Å². The number of carboxylic acids is 1. The molecule has 1 saturated heterocycles. The molecule has 1 aliphatic heterocycles. The van der Waals surface area contributed by atoms with E-state index in [1.54, 1.807) is 24.1 Å². The van der Waals surface area contributed by atoms with E-state index in [4.69, 9.17) is 9.47 Å². The number of likely N-dealkylation sites (tertiary alicyclic amines) is 1. The van der Waals surface area contributed by atoms with Crippen LogP contribution in [-0.4, -0.2) is 55.8 Å². The number of hydrogen-bond acceptors (Lipinski definition) is 4. The minimum Gasteiger partial charge on any atom is -0.481 e. The van der Waals surface area contributed by atoms with E-state index in [1.165, 1.54) is 7.11 Å². The molecule has 6 heteroatoms. The fourth-order valence-corrected chi connectivity index (χ4v) is 3.12. The lowest BCUT2D eigenvalue weighted by Crippen LogP contribution is -2.52. The van der Waals surface area contributed by atoms with Crippen molar-refractivity contribution in [2.45, 2.75) is 19.4 Å². The number of carboxylic acid groups (broad SMARTS) is 1. The van der Waals surface area contributed by atoms with Crippen LogP contribution in [0.15, 0.2) is 24.3 Å². The number of methoxy groups -OCH3 is 2. The van der Waals surface area contributed by atoms with Gasteiger partial charge in [0.05, 0.1) is 13.2 Å². The quantitative estimate of drug-likeness (QED) is 0.864. The van der Waals surface area contributed by atoms with Crippen LogP contribution in [0.25, 0.3) is 0 Å². The van der Waals surface area contributed by atoms with Crippen molar-refractivity contribution in [1.82, 2.24) is 4.90 Å². The van der Waals surface area contributed by atoms with Crippen LogP contribution < -0.4 is 0 Å². The van der Waals surface area contributed by atoms with Crippen molar-refractivity contribution < 1.29 is 24.2 Å². The van der Waals surface area contributed by atoms with E-state index >= 15 is 0 Å². The van der Waals surface area contributed by atoms with Gasteiger partial charge < -0.3 is 19.5 Å². The maximum absolute atomic E-state index is 12.8. The summed E-state index contributed by atoms with van der Waals surface area (Å²) in [6.07, 6.45) is 1.16. The van der Waals surface area contributed by atoms with Crippen molar-refractivity contribution in [1.29, 1.82) is 0 Å². The highest BCUT2D eigenvalue weighted by atomic mass is 16.5. The van der Waals surface area contributed by atoms with Gasteiger partial charge in [-0.1, -0.05) is 18.2 Å². The van der Waals surface area contributed by atoms with Gasteiger partial charge in [-0.05, 0) is 24.5 Å². The minimum atomic E-state index is -1.03. The number of benzene rings is 1. The van der Waals surface area contributed by atoms with Crippen molar-refractivity contribution in [3.05, 3.63) is 35.4 Å². The number of rotatable bonds is 6. The van der Waals surface area contributed by atoms with E-state index in [9.17, 15) is 14.7 Å². The van der Waals surface area contributed by atoms with Gasteiger partial charge in [0.2, 0.25) is 0 Å². The van der Waals surface area contributed by atoms with E-state index in [2.05, 4.69) is 0 Å². The first-order valence-electron chi connectivity index (χ1n) is 7.62. The Hall–Kier alpha value is -1.92. The number of nitrogens with zero attached hydrogens (tertiary/aromatic N) is 1. The van der Waals surface area contributed by atoms with Gasteiger partial charge in [0.1, 0.15) is 5.41 Å². The number of carbonyl (C=O) groups is 2. The highest BCUT2D eigenvalue weighted by Gasteiger charge is 2.44. The zero-order chi connectivity index (χ0) is 16.9. The first kappa shape index (κ1) is 17.4. The van der Waals surface area contributed by atoms with Crippen LogP contribution in [0.4, 0.5) is 0 Å². The Morgan fingerprint density at radius 3 is 2.65 bits per heavy atom. The first-order valence-corrected chi connectivity index (χ1v) is 7.62. The fourth-order valence-electron chi connectivity index (χ4n) is 3.12. The first-order chi connectivity index (χ1) is 11.0. The molecule has 23 heavy (non-hydrogen) atoms. The highest BCUT2D eigenvalue weighted by molar-refractivity contribution is 5.96. The molecule has 1 unspecified atom stereocenters.